The van der Waals surface area contributed by atoms with Crippen molar-refractivity contribution in [3.05, 3.63) is 35.9 Å². The molecular weight excluding hydrogens is 268 g/mol. The maximum Gasteiger partial charge on any atom is 0.139 e. The summed E-state index contributed by atoms with van der Waals surface area (Å²) in [5, 5.41) is 0. The van der Waals surface area contributed by atoms with Crippen LogP contribution >= 0.6 is 0 Å². The lowest BCUT2D eigenvalue weighted by atomic mass is 9.70. The molecule has 2 rings (SSSR count). The van der Waals surface area contributed by atoms with Crippen molar-refractivity contribution in [2.75, 3.05) is 0 Å². The second kappa shape index (κ2) is 9.12. The van der Waals surface area contributed by atoms with Gasteiger partial charge in [-0.1, -0.05) is 76.3 Å². The molecule has 1 aromatic carbocycles. The number of Topliss-reactive ketones (excluding diaryl/α,β-unsaturated/α-hetero) is 1. The molecule has 22 heavy (non-hydrogen) atoms. The Balaban J connectivity index is 2.07. The SMILES string of the molecule is CCCCCC(CC)C(=O)C1CCCCC1c1ccccc1. The molecule has 0 aliphatic heterocycles. The number of hydrogen-bond acceptors (Lipinski definition) is 1. The first-order valence-electron chi connectivity index (χ1n) is 9.36. The first kappa shape index (κ1) is 17.2. The van der Waals surface area contributed by atoms with Gasteiger partial charge in [0.2, 0.25) is 0 Å². The molecule has 0 saturated heterocycles. The van der Waals surface area contributed by atoms with E-state index in [2.05, 4.69) is 44.2 Å². The Morgan fingerprint density at radius 3 is 2.50 bits per heavy atom. The normalized spacial score (nSPS) is 23.2. The number of unbranched alkanes of at least 4 members (excludes halogenated alkanes) is 2. The lowest BCUT2D eigenvalue weighted by Crippen LogP contribution is -2.30. The zero-order valence-electron chi connectivity index (χ0n) is 14.4. The average molecular weight is 300 g/mol. The zero-order chi connectivity index (χ0) is 15.8. The van der Waals surface area contributed by atoms with E-state index in [9.17, 15) is 4.79 Å². The molecule has 0 N–H and O–H groups in total. The van der Waals surface area contributed by atoms with E-state index < -0.39 is 0 Å². The van der Waals surface area contributed by atoms with Gasteiger partial charge in [0, 0.05) is 11.8 Å². The van der Waals surface area contributed by atoms with E-state index in [1.54, 1.807) is 0 Å². The minimum absolute atomic E-state index is 0.266. The fourth-order valence-corrected chi connectivity index (χ4v) is 4.06. The van der Waals surface area contributed by atoms with Crippen molar-refractivity contribution in [3.63, 3.8) is 0 Å². The number of carbonyl (C=O) groups excluding carboxylic acids is 1. The highest BCUT2D eigenvalue weighted by atomic mass is 16.1. The van der Waals surface area contributed by atoms with Crippen LogP contribution in [0.3, 0.4) is 0 Å². The van der Waals surface area contributed by atoms with E-state index in [0.29, 0.717) is 17.6 Å². The Kier molecular flexibility index (Phi) is 7.15. The maximum absolute atomic E-state index is 13.1. The number of carbonyl (C=O) groups is 1. The van der Waals surface area contributed by atoms with Crippen molar-refractivity contribution >= 4 is 5.78 Å². The predicted molar refractivity (Wildman–Crippen MR) is 94.1 cm³/mol. The van der Waals surface area contributed by atoms with Gasteiger partial charge in [0.05, 0.1) is 0 Å². The highest BCUT2D eigenvalue weighted by Crippen LogP contribution is 2.40. The number of hydrogen-bond donors (Lipinski definition) is 0. The van der Waals surface area contributed by atoms with Crippen LogP contribution in [0, 0.1) is 11.8 Å². The van der Waals surface area contributed by atoms with Gasteiger partial charge in [-0.2, -0.15) is 0 Å². The molecule has 1 aromatic rings. The maximum atomic E-state index is 13.1. The van der Waals surface area contributed by atoms with E-state index in [1.807, 2.05) is 0 Å². The van der Waals surface area contributed by atoms with Gasteiger partial charge >= 0.3 is 0 Å². The number of ketones is 1. The molecule has 0 heterocycles. The summed E-state index contributed by atoms with van der Waals surface area (Å²) in [5.41, 5.74) is 1.38. The first-order valence-corrected chi connectivity index (χ1v) is 9.36. The van der Waals surface area contributed by atoms with Gasteiger partial charge in [-0.15, -0.1) is 0 Å². The predicted octanol–water partition coefficient (Wildman–Crippen LogP) is 6.14. The lowest BCUT2D eigenvalue weighted by Gasteiger charge is -2.33. The van der Waals surface area contributed by atoms with Crippen molar-refractivity contribution in [1.82, 2.24) is 0 Å². The number of rotatable bonds is 8. The molecular formula is C21H32O. The van der Waals surface area contributed by atoms with Gasteiger partial charge in [0.15, 0.2) is 0 Å². The van der Waals surface area contributed by atoms with Gasteiger partial charge in [-0.25, -0.2) is 0 Å². The Morgan fingerprint density at radius 2 is 1.82 bits per heavy atom. The Morgan fingerprint density at radius 1 is 1.09 bits per heavy atom. The summed E-state index contributed by atoms with van der Waals surface area (Å²) in [6.07, 6.45) is 10.6. The van der Waals surface area contributed by atoms with Crippen LogP contribution in [0.1, 0.15) is 83.1 Å². The van der Waals surface area contributed by atoms with Crippen LogP contribution in [-0.4, -0.2) is 5.78 Å². The average Bonchev–Trinajstić information content (AvgIpc) is 2.59. The molecule has 0 spiro atoms. The fraction of sp³-hybridized carbons (Fsp3) is 0.667. The van der Waals surface area contributed by atoms with Gasteiger partial charge in [0.1, 0.15) is 5.78 Å². The van der Waals surface area contributed by atoms with Gasteiger partial charge in [-0.3, -0.25) is 4.79 Å². The molecule has 3 atom stereocenters. The molecule has 1 aliphatic rings. The van der Waals surface area contributed by atoms with Crippen molar-refractivity contribution in [3.8, 4) is 0 Å². The Hall–Kier alpha value is -1.11. The Labute approximate surface area is 136 Å². The van der Waals surface area contributed by atoms with Crippen LogP contribution in [-0.2, 0) is 4.79 Å². The highest BCUT2D eigenvalue weighted by Gasteiger charge is 2.34. The summed E-state index contributed by atoms with van der Waals surface area (Å²) < 4.78 is 0. The molecule has 0 radical (unpaired) electrons. The summed E-state index contributed by atoms with van der Waals surface area (Å²) >= 11 is 0. The second-order valence-electron chi connectivity index (χ2n) is 6.91. The minimum Gasteiger partial charge on any atom is -0.299 e. The third-order valence-electron chi connectivity index (χ3n) is 5.41. The summed E-state index contributed by atoms with van der Waals surface area (Å²) in [4.78, 5) is 13.1. The van der Waals surface area contributed by atoms with Gasteiger partial charge in [-0.05, 0) is 37.2 Å². The first-order chi connectivity index (χ1) is 10.8. The van der Waals surface area contributed by atoms with Crippen LogP contribution in [0.5, 0.6) is 0 Å². The van der Waals surface area contributed by atoms with Crippen molar-refractivity contribution < 1.29 is 4.79 Å². The smallest absolute Gasteiger partial charge is 0.139 e. The molecule has 3 unspecified atom stereocenters. The van der Waals surface area contributed by atoms with Crippen LogP contribution in [0.2, 0.25) is 0 Å². The molecule has 1 saturated carbocycles. The van der Waals surface area contributed by atoms with Crippen molar-refractivity contribution in [1.29, 1.82) is 0 Å². The fourth-order valence-electron chi connectivity index (χ4n) is 4.06. The van der Waals surface area contributed by atoms with E-state index >= 15 is 0 Å². The second-order valence-corrected chi connectivity index (χ2v) is 6.91. The molecule has 0 aromatic heterocycles. The summed E-state index contributed by atoms with van der Waals surface area (Å²) in [6, 6.07) is 10.7. The van der Waals surface area contributed by atoms with Crippen molar-refractivity contribution in [2.24, 2.45) is 11.8 Å². The molecule has 1 heteroatoms. The van der Waals surface area contributed by atoms with Crippen LogP contribution in [0.4, 0.5) is 0 Å². The van der Waals surface area contributed by atoms with E-state index in [-0.39, 0.29) is 5.92 Å². The minimum atomic E-state index is 0.266. The number of benzene rings is 1. The third kappa shape index (κ3) is 4.44. The van der Waals surface area contributed by atoms with Gasteiger partial charge < -0.3 is 0 Å². The topological polar surface area (TPSA) is 17.1 Å². The quantitative estimate of drug-likeness (QED) is 0.527. The van der Waals surface area contributed by atoms with E-state index in [1.165, 1.54) is 44.1 Å². The third-order valence-corrected chi connectivity index (χ3v) is 5.41. The Bertz CT molecular complexity index is 436. The van der Waals surface area contributed by atoms with Gasteiger partial charge in [0.25, 0.3) is 0 Å². The molecule has 1 fully saturated rings. The largest absolute Gasteiger partial charge is 0.299 e. The zero-order valence-corrected chi connectivity index (χ0v) is 14.4. The van der Waals surface area contributed by atoms with E-state index in [4.69, 9.17) is 0 Å². The summed E-state index contributed by atoms with van der Waals surface area (Å²) in [6.45, 7) is 4.42. The monoisotopic (exact) mass is 300 g/mol. The molecule has 0 bridgehead atoms. The summed E-state index contributed by atoms with van der Waals surface area (Å²) in [5.74, 6) is 1.58. The van der Waals surface area contributed by atoms with E-state index in [0.717, 1.165) is 19.3 Å². The summed E-state index contributed by atoms with van der Waals surface area (Å²) in [7, 11) is 0. The molecule has 1 nitrogen and oxygen atoms in total. The standard InChI is InChI=1S/C21H32O/c1-3-5-7-12-17(4-2)21(22)20-16-11-10-15-19(20)18-13-8-6-9-14-18/h6,8-9,13-14,17,19-20H,3-5,7,10-12,15-16H2,1-2H3. The highest BCUT2D eigenvalue weighted by molar-refractivity contribution is 5.84. The van der Waals surface area contributed by atoms with Crippen molar-refractivity contribution in [2.45, 2.75) is 77.6 Å². The van der Waals surface area contributed by atoms with Crippen LogP contribution in [0.15, 0.2) is 30.3 Å². The van der Waals surface area contributed by atoms with Crippen LogP contribution in [0.25, 0.3) is 0 Å². The molecule has 0 amide bonds. The molecule has 122 valence electrons. The lowest BCUT2D eigenvalue weighted by molar-refractivity contribution is -0.128. The van der Waals surface area contributed by atoms with Crippen LogP contribution < -0.4 is 0 Å². The molecule has 1 aliphatic carbocycles.